The van der Waals surface area contributed by atoms with Crippen molar-refractivity contribution >= 4 is 5.69 Å². The van der Waals surface area contributed by atoms with Crippen LogP contribution in [0.3, 0.4) is 0 Å². The van der Waals surface area contributed by atoms with Crippen LogP contribution in [0.5, 0.6) is 0 Å². The molecule has 92 valence electrons. The van der Waals surface area contributed by atoms with Crippen molar-refractivity contribution in [3.8, 4) is 0 Å². The van der Waals surface area contributed by atoms with Crippen LogP contribution in [0.2, 0.25) is 0 Å². The molecule has 1 aliphatic rings. The zero-order valence-corrected chi connectivity index (χ0v) is 10.2. The molecule has 1 aromatic carbocycles. The van der Waals surface area contributed by atoms with Gasteiger partial charge in [0, 0.05) is 18.2 Å². The topological polar surface area (TPSA) is 55.2 Å². The SMILES string of the molecule is CC(C)NCC1CC1c1ccc([N+](=O)[O-])cc1. The minimum Gasteiger partial charge on any atom is -0.314 e. The Kier molecular flexibility index (Phi) is 3.43. The van der Waals surface area contributed by atoms with Crippen molar-refractivity contribution in [2.75, 3.05) is 6.54 Å². The van der Waals surface area contributed by atoms with Crippen LogP contribution < -0.4 is 5.32 Å². The summed E-state index contributed by atoms with van der Waals surface area (Å²) in [5.41, 5.74) is 1.40. The largest absolute Gasteiger partial charge is 0.314 e. The fraction of sp³-hybridized carbons (Fsp3) is 0.538. The molecule has 4 nitrogen and oxygen atoms in total. The summed E-state index contributed by atoms with van der Waals surface area (Å²) in [6.07, 6.45) is 1.19. The second kappa shape index (κ2) is 4.84. The molecule has 0 saturated heterocycles. The molecule has 0 spiro atoms. The smallest absolute Gasteiger partial charge is 0.269 e. The van der Waals surface area contributed by atoms with Gasteiger partial charge in [0.1, 0.15) is 0 Å². The lowest BCUT2D eigenvalue weighted by molar-refractivity contribution is -0.384. The number of nitrogens with zero attached hydrogens (tertiary/aromatic N) is 1. The fourth-order valence-electron chi connectivity index (χ4n) is 2.11. The number of benzene rings is 1. The van der Waals surface area contributed by atoms with Crippen LogP contribution in [0.25, 0.3) is 0 Å². The first-order valence-electron chi connectivity index (χ1n) is 6.05. The van der Waals surface area contributed by atoms with Gasteiger partial charge in [-0.1, -0.05) is 26.0 Å². The first kappa shape index (κ1) is 12.0. The van der Waals surface area contributed by atoms with Crippen molar-refractivity contribution in [3.05, 3.63) is 39.9 Å². The Morgan fingerprint density at radius 2 is 2.06 bits per heavy atom. The van der Waals surface area contributed by atoms with Crippen LogP contribution in [-0.2, 0) is 0 Å². The van der Waals surface area contributed by atoms with Crippen molar-refractivity contribution in [2.24, 2.45) is 5.92 Å². The second-order valence-corrected chi connectivity index (χ2v) is 5.01. The highest BCUT2D eigenvalue weighted by Crippen LogP contribution is 2.47. The molecule has 0 aromatic heterocycles. The molecular formula is C13H18N2O2. The van der Waals surface area contributed by atoms with Crippen LogP contribution in [0.15, 0.2) is 24.3 Å². The normalized spacial score (nSPS) is 22.8. The third-order valence-corrected chi connectivity index (χ3v) is 3.24. The molecule has 4 heteroatoms. The van der Waals surface area contributed by atoms with Gasteiger partial charge in [0.15, 0.2) is 0 Å². The Morgan fingerprint density at radius 1 is 1.41 bits per heavy atom. The fourth-order valence-corrected chi connectivity index (χ4v) is 2.11. The summed E-state index contributed by atoms with van der Waals surface area (Å²) in [5, 5.41) is 14.0. The van der Waals surface area contributed by atoms with E-state index in [1.54, 1.807) is 12.1 Å². The first-order valence-corrected chi connectivity index (χ1v) is 6.05. The lowest BCUT2D eigenvalue weighted by Crippen LogP contribution is -2.25. The molecule has 1 aromatic rings. The summed E-state index contributed by atoms with van der Waals surface area (Å²) >= 11 is 0. The van der Waals surface area contributed by atoms with E-state index in [1.807, 2.05) is 12.1 Å². The number of hydrogen-bond acceptors (Lipinski definition) is 3. The maximum atomic E-state index is 10.5. The third-order valence-electron chi connectivity index (χ3n) is 3.24. The molecule has 1 N–H and O–H groups in total. The van der Waals surface area contributed by atoms with Crippen LogP contribution in [0.4, 0.5) is 5.69 Å². The van der Waals surface area contributed by atoms with Gasteiger partial charge >= 0.3 is 0 Å². The van der Waals surface area contributed by atoms with E-state index in [4.69, 9.17) is 0 Å². The minimum atomic E-state index is -0.353. The first-order chi connectivity index (χ1) is 8.08. The second-order valence-electron chi connectivity index (χ2n) is 5.01. The highest BCUT2D eigenvalue weighted by atomic mass is 16.6. The van der Waals surface area contributed by atoms with Gasteiger partial charge in [0.25, 0.3) is 5.69 Å². The molecule has 17 heavy (non-hydrogen) atoms. The molecule has 0 radical (unpaired) electrons. The Bertz CT molecular complexity index is 400. The molecule has 0 bridgehead atoms. The van der Waals surface area contributed by atoms with Gasteiger partial charge in [-0.25, -0.2) is 0 Å². The molecule has 0 heterocycles. The number of rotatable bonds is 5. The minimum absolute atomic E-state index is 0.172. The van der Waals surface area contributed by atoms with E-state index in [1.165, 1.54) is 12.0 Å². The number of non-ortho nitro benzene ring substituents is 1. The Balaban J connectivity index is 1.90. The average Bonchev–Trinajstić information content (AvgIpc) is 3.06. The number of nitro groups is 1. The Labute approximate surface area is 101 Å². The zero-order chi connectivity index (χ0) is 12.4. The predicted octanol–water partition coefficient (Wildman–Crippen LogP) is 2.70. The maximum absolute atomic E-state index is 10.5. The molecule has 2 atom stereocenters. The van der Waals surface area contributed by atoms with E-state index in [0.29, 0.717) is 17.9 Å². The predicted molar refractivity (Wildman–Crippen MR) is 67.1 cm³/mol. The lowest BCUT2D eigenvalue weighted by Gasteiger charge is -2.07. The van der Waals surface area contributed by atoms with Gasteiger partial charge in [-0.15, -0.1) is 0 Å². The highest BCUT2D eigenvalue weighted by Gasteiger charge is 2.37. The van der Waals surface area contributed by atoms with E-state index >= 15 is 0 Å². The van der Waals surface area contributed by atoms with Crippen molar-refractivity contribution in [3.63, 3.8) is 0 Å². The van der Waals surface area contributed by atoms with E-state index in [2.05, 4.69) is 19.2 Å². The molecule has 1 aliphatic carbocycles. The molecular weight excluding hydrogens is 216 g/mol. The standard InChI is InChI=1S/C13H18N2O2/c1-9(2)14-8-11-7-13(11)10-3-5-12(6-4-10)15(16)17/h3-6,9,11,13-14H,7-8H2,1-2H3. The van der Waals surface area contributed by atoms with Crippen molar-refractivity contribution in [1.82, 2.24) is 5.32 Å². The third kappa shape index (κ3) is 3.03. The van der Waals surface area contributed by atoms with Crippen molar-refractivity contribution in [1.29, 1.82) is 0 Å². The maximum Gasteiger partial charge on any atom is 0.269 e. The number of nitrogens with one attached hydrogen (secondary N) is 1. The van der Waals surface area contributed by atoms with E-state index < -0.39 is 0 Å². The van der Waals surface area contributed by atoms with Crippen molar-refractivity contribution < 1.29 is 4.92 Å². The zero-order valence-electron chi connectivity index (χ0n) is 10.2. The summed E-state index contributed by atoms with van der Waals surface area (Å²) < 4.78 is 0. The quantitative estimate of drug-likeness (QED) is 0.629. The molecule has 0 aliphatic heterocycles. The molecule has 2 unspecified atom stereocenters. The van der Waals surface area contributed by atoms with Crippen LogP contribution >= 0.6 is 0 Å². The van der Waals surface area contributed by atoms with E-state index in [-0.39, 0.29) is 10.6 Å². The summed E-state index contributed by atoms with van der Waals surface area (Å²) in [4.78, 5) is 10.2. The Hall–Kier alpha value is -1.42. The Morgan fingerprint density at radius 3 is 2.59 bits per heavy atom. The van der Waals surface area contributed by atoms with Crippen molar-refractivity contribution in [2.45, 2.75) is 32.2 Å². The van der Waals surface area contributed by atoms with Gasteiger partial charge in [-0.05, 0) is 30.4 Å². The molecule has 1 fully saturated rings. The summed E-state index contributed by atoms with van der Waals surface area (Å²) in [6, 6.07) is 7.49. The summed E-state index contributed by atoms with van der Waals surface area (Å²) in [6.45, 7) is 5.33. The van der Waals surface area contributed by atoms with Gasteiger partial charge < -0.3 is 5.32 Å². The van der Waals surface area contributed by atoms with Gasteiger partial charge in [0.2, 0.25) is 0 Å². The van der Waals surface area contributed by atoms with Gasteiger partial charge in [0.05, 0.1) is 4.92 Å². The lowest BCUT2D eigenvalue weighted by atomic mass is 10.1. The van der Waals surface area contributed by atoms with Crippen LogP contribution in [-0.4, -0.2) is 17.5 Å². The summed E-state index contributed by atoms with van der Waals surface area (Å²) in [7, 11) is 0. The number of hydrogen-bond donors (Lipinski definition) is 1. The van der Waals surface area contributed by atoms with Gasteiger partial charge in [-0.3, -0.25) is 10.1 Å². The van der Waals surface area contributed by atoms with E-state index in [0.717, 1.165) is 6.54 Å². The summed E-state index contributed by atoms with van der Waals surface area (Å²) in [5.74, 6) is 1.28. The van der Waals surface area contributed by atoms with Crippen LogP contribution in [0.1, 0.15) is 31.7 Å². The van der Waals surface area contributed by atoms with E-state index in [9.17, 15) is 10.1 Å². The molecule has 2 rings (SSSR count). The highest BCUT2D eigenvalue weighted by molar-refractivity contribution is 5.36. The average molecular weight is 234 g/mol. The monoisotopic (exact) mass is 234 g/mol. The van der Waals surface area contributed by atoms with Crippen LogP contribution in [0, 0.1) is 16.0 Å². The van der Waals surface area contributed by atoms with Gasteiger partial charge in [-0.2, -0.15) is 0 Å². The number of nitro benzene ring substituents is 1. The molecule has 0 amide bonds. The molecule has 1 saturated carbocycles.